The summed E-state index contributed by atoms with van der Waals surface area (Å²) in [7, 11) is 0. The average Bonchev–Trinajstić information content (AvgIpc) is 3.96. The summed E-state index contributed by atoms with van der Waals surface area (Å²) in [6, 6.07) is 64.1. The molecule has 6 nitrogen and oxygen atoms in total. The van der Waals surface area contributed by atoms with Gasteiger partial charge in [0.1, 0.15) is 12.7 Å². The Hall–Kier alpha value is -7.09. The lowest BCUT2D eigenvalue weighted by atomic mass is 9.69. The lowest BCUT2D eigenvalue weighted by molar-refractivity contribution is 0.610. The quantitative estimate of drug-likeness (QED) is 0.177. The maximum Gasteiger partial charge on any atom is 0.177 e. The number of fused-ring (bicyclic) bond motifs is 6. The van der Waals surface area contributed by atoms with Crippen LogP contribution >= 0.6 is 15.9 Å². The summed E-state index contributed by atoms with van der Waals surface area (Å²) in [5, 5.41) is 0. The predicted octanol–water partition coefficient (Wildman–Crippen LogP) is 14.2. The van der Waals surface area contributed by atoms with Crippen LogP contribution in [0.3, 0.4) is 0 Å². The fourth-order valence-corrected chi connectivity index (χ4v) is 9.72. The normalized spacial score (nSPS) is 14.0. The molecule has 7 aromatic carbocycles. The van der Waals surface area contributed by atoms with E-state index >= 15 is 0 Å². The van der Waals surface area contributed by atoms with Gasteiger partial charge >= 0.3 is 0 Å². The Morgan fingerprint density at radius 1 is 0.429 bits per heavy atom. The Bertz CT molecular complexity index is 3130. The van der Waals surface area contributed by atoms with Crippen molar-refractivity contribution in [2.45, 2.75) is 44.9 Å². The summed E-state index contributed by atoms with van der Waals surface area (Å²) in [4.78, 5) is 15.4. The second kappa shape index (κ2) is 16.3. The first-order valence-electron chi connectivity index (χ1n) is 21.4. The summed E-state index contributed by atoms with van der Waals surface area (Å²) >= 11 is 3.42. The Morgan fingerprint density at radius 3 is 1.52 bits per heavy atom. The van der Waals surface area contributed by atoms with E-state index in [2.05, 4.69) is 202 Å². The molecule has 1 aliphatic carbocycles. The van der Waals surface area contributed by atoms with E-state index in [0.717, 1.165) is 50.2 Å². The first-order valence-corrected chi connectivity index (χ1v) is 22.2. The molecule has 0 radical (unpaired) electrons. The van der Waals surface area contributed by atoms with E-state index in [1.54, 1.807) is 12.5 Å². The number of hydrogen-bond donors (Lipinski definition) is 0. The summed E-state index contributed by atoms with van der Waals surface area (Å²) < 4.78 is 5.23. The molecule has 2 aliphatic rings. The zero-order chi connectivity index (χ0) is 43.1. The maximum absolute atomic E-state index is 4.54. The van der Waals surface area contributed by atoms with Gasteiger partial charge < -0.3 is 4.90 Å². The molecule has 7 heteroatoms. The molecule has 12 rings (SSSR count). The lowest BCUT2D eigenvalue weighted by Gasteiger charge is -2.42. The van der Waals surface area contributed by atoms with Crippen molar-refractivity contribution < 1.29 is 0 Å². The van der Waals surface area contributed by atoms with Crippen LogP contribution in [0.1, 0.15) is 61.1 Å². The molecule has 0 atom stereocenters. The van der Waals surface area contributed by atoms with E-state index in [4.69, 9.17) is 0 Å². The molecule has 0 fully saturated rings. The van der Waals surface area contributed by atoms with E-state index in [9.17, 15) is 0 Å². The van der Waals surface area contributed by atoms with Crippen LogP contribution in [0.4, 0.5) is 17.1 Å². The Balaban J connectivity index is 0.000000124. The standard InChI is InChI=1S/C28H23N3.C16H16.C12H8BrN3/c1-28(2)22-9-3-6-12-25(22)31(26-13-7-4-10-23(26)28)21-17-15-20(16-18-21)30-19-29-24-11-5-8-14-27(24)30;1-16(2)14-9-5-3-7-12(14)11-13-8-4-6-10-15(13)16;13-9-3-5-10(6-4-9)16-8-15-12-11(16)2-1-7-14-12/h3-19H,1-2H3;3-10H,11H2,1-2H3;1-8H. The van der Waals surface area contributed by atoms with E-state index in [-0.39, 0.29) is 10.8 Å². The van der Waals surface area contributed by atoms with E-state index < -0.39 is 0 Å². The number of anilines is 3. The zero-order valence-corrected chi connectivity index (χ0v) is 37.4. The van der Waals surface area contributed by atoms with Crippen molar-refractivity contribution in [3.63, 3.8) is 0 Å². The Morgan fingerprint density at radius 2 is 0.889 bits per heavy atom. The van der Waals surface area contributed by atoms with Gasteiger partial charge in [-0.2, -0.15) is 0 Å². The van der Waals surface area contributed by atoms with Crippen LogP contribution in [-0.4, -0.2) is 24.1 Å². The minimum Gasteiger partial charge on any atom is -0.310 e. The Kier molecular flexibility index (Phi) is 10.4. The van der Waals surface area contributed by atoms with Crippen molar-refractivity contribution >= 4 is 55.2 Å². The number of nitrogens with zero attached hydrogens (tertiary/aromatic N) is 6. The highest BCUT2D eigenvalue weighted by Crippen LogP contribution is 2.51. The number of halogens is 1. The number of rotatable bonds is 3. The number of benzene rings is 7. The van der Waals surface area contributed by atoms with Crippen molar-refractivity contribution in [1.82, 2.24) is 24.1 Å². The van der Waals surface area contributed by atoms with Gasteiger partial charge in [-0.1, -0.05) is 141 Å². The van der Waals surface area contributed by atoms with Crippen LogP contribution in [0.25, 0.3) is 33.6 Å². The van der Waals surface area contributed by atoms with Crippen molar-refractivity contribution in [2.75, 3.05) is 4.90 Å². The van der Waals surface area contributed by atoms with Gasteiger partial charge in [-0.15, -0.1) is 0 Å². The summed E-state index contributed by atoms with van der Waals surface area (Å²) in [5.41, 5.74) is 18.5. The number of para-hydroxylation sites is 4. The van der Waals surface area contributed by atoms with Crippen molar-refractivity contribution in [3.05, 3.63) is 239 Å². The first kappa shape index (κ1) is 40.0. The zero-order valence-electron chi connectivity index (χ0n) is 35.8. The van der Waals surface area contributed by atoms with Gasteiger partial charge in [0.15, 0.2) is 5.65 Å². The van der Waals surface area contributed by atoms with Crippen LogP contribution in [0.2, 0.25) is 0 Å². The van der Waals surface area contributed by atoms with Gasteiger partial charge in [-0.25, -0.2) is 15.0 Å². The molecule has 0 unspecified atom stereocenters. The van der Waals surface area contributed by atoms with Gasteiger partial charge in [0.05, 0.1) is 27.9 Å². The largest absolute Gasteiger partial charge is 0.310 e. The molecule has 0 saturated carbocycles. The third-order valence-electron chi connectivity index (χ3n) is 12.7. The van der Waals surface area contributed by atoms with E-state index in [1.165, 1.54) is 44.8 Å². The van der Waals surface area contributed by atoms with Crippen molar-refractivity contribution in [1.29, 1.82) is 0 Å². The fourth-order valence-electron chi connectivity index (χ4n) is 9.45. The molecule has 0 saturated heterocycles. The second-order valence-electron chi connectivity index (χ2n) is 17.2. The topological polar surface area (TPSA) is 51.8 Å². The van der Waals surface area contributed by atoms with Crippen LogP contribution in [0.15, 0.2) is 205 Å². The van der Waals surface area contributed by atoms with E-state index in [1.807, 2.05) is 59.4 Å². The van der Waals surface area contributed by atoms with Crippen molar-refractivity contribution in [3.8, 4) is 11.4 Å². The molecule has 10 aromatic rings. The molecule has 0 amide bonds. The smallest absolute Gasteiger partial charge is 0.177 e. The van der Waals surface area contributed by atoms with Crippen LogP contribution in [-0.2, 0) is 17.3 Å². The molecule has 3 aromatic heterocycles. The predicted molar refractivity (Wildman–Crippen MR) is 262 cm³/mol. The SMILES string of the molecule is Brc1ccc(-n2cnc3ncccc32)cc1.CC1(C)c2ccccc2Cc2ccccc21.CC1(C)c2ccccc2N(c2ccc(-n3cnc4ccccc43)cc2)c2ccccc21. The molecular weight excluding hydrogens is 837 g/mol. The van der Waals surface area contributed by atoms with Gasteiger partial charge in [0, 0.05) is 38.6 Å². The first-order chi connectivity index (χ1) is 30.7. The van der Waals surface area contributed by atoms with Gasteiger partial charge in [-0.3, -0.25) is 9.13 Å². The highest BCUT2D eigenvalue weighted by molar-refractivity contribution is 9.10. The van der Waals surface area contributed by atoms with Gasteiger partial charge in [0.2, 0.25) is 0 Å². The van der Waals surface area contributed by atoms with Crippen LogP contribution < -0.4 is 4.90 Å². The molecule has 308 valence electrons. The van der Waals surface area contributed by atoms with Gasteiger partial charge in [0.25, 0.3) is 0 Å². The molecule has 63 heavy (non-hydrogen) atoms. The van der Waals surface area contributed by atoms with Gasteiger partial charge in [-0.05, 0) is 125 Å². The highest BCUT2D eigenvalue weighted by atomic mass is 79.9. The fraction of sp³-hybridized carbons (Fsp3) is 0.125. The number of imidazole rings is 2. The lowest BCUT2D eigenvalue weighted by Crippen LogP contribution is -2.30. The monoisotopic (exact) mass is 882 g/mol. The third kappa shape index (κ3) is 7.32. The minimum absolute atomic E-state index is 0.0423. The maximum atomic E-state index is 4.54. The molecule has 1 aliphatic heterocycles. The second-order valence-corrected chi connectivity index (χ2v) is 18.1. The summed E-state index contributed by atoms with van der Waals surface area (Å²) in [5.74, 6) is 0. The number of aromatic nitrogens is 5. The van der Waals surface area contributed by atoms with E-state index in [0.29, 0.717) is 0 Å². The summed E-state index contributed by atoms with van der Waals surface area (Å²) in [6.45, 7) is 9.28. The summed E-state index contributed by atoms with van der Waals surface area (Å²) in [6.07, 6.45) is 6.52. The number of pyridine rings is 1. The molecule has 0 N–H and O–H groups in total. The average molecular weight is 884 g/mol. The van der Waals surface area contributed by atoms with Crippen LogP contribution in [0, 0.1) is 0 Å². The third-order valence-corrected chi connectivity index (χ3v) is 13.2. The number of hydrogen-bond acceptors (Lipinski definition) is 4. The van der Waals surface area contributed by atoms with Crippen molar-refractivity contribution in [2.24, 2.45) is 0 Å². The molecule has 4 heterocycles. The molecule has 0 spiro atoms. The minimum atomic E-state index is -0.0423. The molecule has 0 bridgehead atoms. The van der Waals surface area contributed by atoms with Crippen LogP contribution in [0.5, 0.6) is 0 Å². The molecular formula is C56H47BrN6. The highest BCUT2D eigenvalue weighted by Gasteiger charge is 2.36. The Labute approximate surface area is 377 Å².